The summed E-state index contributed by atoms with van der Waals surface area (Å²) in [7, 11) is 0. The van der Waals surface area contributed by atoms with E-state index in [1.165, 1.54) is 0 Å². The molecule has 130 valence electrons. The number of hydrogen-bond donors (Lipinski definition) is 0. The highest BCUT2D eigenvalue weighted by Crippen LogP contribution is 2.32. The van der Waals surface area contributed by atoms with Crippen LogP contribution in [0.4, 0.5) is 13.2 Å². The van der Waals surface area contributed by atoms with E-state index in [0.717, 1.165) is 45.7 Å². The van der Waals surface area contributed by atoms with Crippen molar-refractivity contribution >= 4 is 0 Å². The second kappa shape index (κ2) is 7.14. The summed E-state index contributed by atoms with van der Waals surface area (Å²) < 4.78 is 53.2. The predicted molar refractivity (Wildman–Crippen MR) is 72.6 cm³/mol. The van der Waals surface area contributed by atoms with Gasteiger partial charge in [0.15, 0.2) is 6.29 Å². The lowest BCUT2D eigenvalue weighted by atomic mass is 9.97. The Morgan fingerprint density at radius 3 is 2.39 bits per heavy atom. The molecule has 0 unspecified atom stereocenters. The Morgan fingerprint density at radius 1 is 1.09 bits per heavy atom. The van der Waals surface area contributed by atoms with Gasteiger partial charge in [-0.05, 0) is 32.4 Å². The van der Waals surface area contributed by atoms with Crippen LogP contribution in [0.1, 0.15) is 43.4 Å². The van der Waals surface area contributed by atoms with E-state index in [2.05, 4.69) is 15.1 Å². The maximum Gasteiger partial charge on any atom is 0.470 e. The standard InChI is InChI=1S/C14H20F3N3O3/c15-14(16,17)13-19-18-12(23-13)10-2-5-20(6-3-10)7-4-11-21-8-1-9-22-11/h10-11H,1-9H2. The largest absolute Gasteiger partial charge is 0.470 e. The van der Waals surface area contributed by atoms with Gasteiger partial charge < -0.3 is 18.8 Å². The zero-order valence-electron chi connectivity index (χ0n) is 12.7. The molecule has 0 radical (unpaired) electrons. The molecule has 2 aliphatic heterocycles. The maximum absolute atomic E-state index is 12.5. The molecule has 0 aromatic carbocycles. The van der Waals surface area contributed by atoms with Gasteiger partial charge in [-0.1, -0.05) is 0 Å². The third-order valence-corrected chi connectivity index (χ3v) is 4.20. The Hall–Kier alpha value is -1.19. The summed E-state index contributed by atoms with van der Waals surface area (Å²) in [6.45, 7) is 3.92. The van der Waals surface area contributed by atoms with Crippen LogP contribution >= 0.6 is 0 Å². The summed E-state index contributed by atoms with van der Waals surface area (Å²) >= 11 is 0. The van der Waals surface area contributed by atoms with Gasteiger partial charge >= 0.3 is 12.1 Å². The van der Waals surface area contributed by atoms with Crippen LogP contribution in [0, 0.1) is 0 Å². The molecule has 3 rings (SSSR count). The average Bonchev–Trinajstić information content (AvgIpc) is 3.05. The Bertz CT molecular complexity index is 495. The van der Waals surface area contributed by atoms with Crippen LogP contribution in [0.15, 0.2) is 4.42 Å². The third-order valence-electron chi connectivity index (χ3n) is 4.20. The molecule has 1 aromatic rings. The number of aromatic nitrogens is 2. The molecule has 9 heteroatoms. The molecule has 0 atom stereocenters. The second-order valence-corrected chi connectivity index (χ2v) is 5.87. The van der Waals surface area contributed by atoms with E-state index in [4.69, 9.17) is 13.9 Å². The minimum atomic E-state index is -4.58. The van der Waals surface area contributed by atoms with Gasteiger partial charge in [-0.2, -0.15) is 13.2 Å². The van der Waals surface area contributed by atoms with Crippen LogP contribution in [-0.4, -0.2) is 54.2 Å². The lowest BCUT2D eigenvalue weighted by Gasteiger charge is -2.32. The highest BCUT2D eigenvalue weighted by molar-refractivity contribution is 4.96. The summed E-state index contributed by atoms with van der Waals surface area (Å²) in [6, 6.07) is 0. The topological polar surface area (TPSA) is 60.6 Å². The van der Waals surface area contributed by atoms with Crippen molar-refractivity contribution < 1.29 is 27.1 Å². The molecule has 23 heavy (non-hydrogen) atoms. The number of rotatable bonds is 4. The van der Waals surface area contributed by atoms with Crippen LogP contribution in [0.2, 0.25) is 0 Å². The van der Waals surface area contributed by atoms with Crippen molar-refractivity contribution in [2.24, 2.45) is 0 Å². The van der Waals surface area contributed by atoms with Crippen LogP contribution in [0.25, 0.3) is 0 Å². The minimum absolute atomic E-state index is 0.0934. The van der Waals surface area contributed by atoms with Crippen molar-refractivity contribution in [2.45, 2.75) is 44.1 Å². The molecule has 2 aliphatic rings. The fourth-order valence-corrected chi connectivity index (χ4v) is 2.91. The smallest absolute Gasteiger partial charge is 0.417 e. The molecule has 0 saturated carbocycles. The first kappa shape index (κ1) is 16.7. The van der Waals surface area contributed by atoms with Gasteiger partial charge in [0.1, 0.15) is 0 Å². The highest BCUT2D eigenvalue weighted by atomic mass is 19.4. The van der Waals surface area contributed by atoms with Crippen LogP contribution in [-0.2, 0) is 15.7 Å². The fraction of sp³-hybridized carbons (Fsp3) is 0.857. The van der Waals surface area contributed by atoms with Gasteiger partial charge in [-0.15, -0.1) is 10.2 Å². The summed E-state index contributed by atoms with van der Waals surface area (Å²) in [6.07, 6.45) is -1.54. The molecule has 0 bridgehead atoms. The number of likely N-dealkylation sites (tertiary alicyclic amines) is 1. The van der Waals surface area contributed by atoms with Crippen molar-refractivity contribution in [2.75, 3.05) is 32.8 Å². The Labute approximate surface area is 131 Å². The molecule has 0 N–H and O–H groups in total. The summed E-state index contributed by atoms with van der Waals surface area (Å²) in [5.74, 6) is -1.27. The van der Waals surface area contributed by atoms with Crippen LogP contribution in [0.3, 0.4) is 0 Å². The van der Waals surface area contributed by atoms with Crippen LogP contribution < -0.4 is 0 Å². The van der Waals surface area contributed by atoms with Gasteiger partial charge in [0.25, 0.3) is 0 Å². The summed E-state index contributed by atoms with van der Waals surface area (Å²) in [4.78, 5) is 2.26. The van der Waals surface area contributed by atoms with E-state index in [-0.39, 0.29) is 18.1 Å². The molecule has 0 amide bonds. The first-order valence-electron chi connectivity index (χ1n) is 7.88. The normalized spacial score (nSPS) is 22.6. The number of piperidine rings is 1. The maximum atomic E-state index is 12.5. The molecule has 1 aromatic heterocycles. The van der Waals surface area contributed by atoms with Crippen molar-refractivity contribution in [3.05, 3.63) is 11.8 Å². The molecule has 2 saturated heterocycles. The molecular formula is C14H20F3N3O3. The van der Waals surface area contributed by atoms with Gasteiger partial charge in [0.05, 0.1) is 13.2 Å². The SMILES string of the molecule is FC(F)(F)c1nnc(C2CCN(CCC3OCCCO3)CC2)o1. The van der Waals surface area contributed by atoms with E-state index >= 15 is 0 Å². The lowest BCUT2D eigenvalue weighted by Crippen LogP contribution is -2.36. The van der Waals surface area contributed by atoms with Gasteiger partial charge in [0.2, 0.25) is 5.89 Å². The van der Waals surface area contributed by atoms with Gasteiger partial charge in [-0.3, -0.25) is 0 Å². The monoisotopic (exact) mass is 335 g/mol. The summed E-state index contributed by atoms with van der Waals surface area (Å²) in [5, 5.41) is 6.65. The number of halogens is 3. The number of nitrogens with zero attached hydrogens (tertiary/aromatic N) is 3. The molecule has 6 nitrogen and oxygen atoms in total. The number of ether oxygens (including phenoxy) is 2. The highest BCUT2D eigenvalue weighted by Gasteiger charge is 2.39. The fourth-order valence-electron chi connectivity index (χ4n) is 2.91. The number of alkyl halides is 3. The van der Waals surface area contributed by atoms with Crippen LogP contribution in [0.5, 0.6) is 0 Å². The van der Waals surface area contributed by atoms with E-state index in [1.54, 1.807) is 0 Å². The van der Waals surface area contributed by atoms with Crippen molar-refractivity contribution in [1.82, 2.24) is 15.1 Å². The average molecular weight is 335 g/mol. The van der Waals surface area contributed by atoms with E-state index < -0.39 is 12.1 Å². The third kappa shape index (κ3) is 4.42. The Balaban J connectivity index is 1.44. The van der Waals surface area contributed by atoms with Crippen molar-refractivity contribution in [3.8, 4) is 0 Å². The van der Waals surface area contributed by atoms with Crippen molar-refractivity contribution in [3.63, 3.8) is 0 Å². The zero-order chi connectivity index (χ0) is 16.3. The molecule has 3 heterocycles. The van der Waals surface area contributed by atoms with Gasteiger partial charge in [0, 0.05) is 18.9 Å². The molecule has 2 fully saturated rings. The molecule has 0 aliphatic carbocycles. The van der Waals surface area contributed by atoms with E-state index in [0.29, 0.717) is 12.8 Å². The molecule has 0 spiro atoms. The second-order valence-electron chi connectivity index (χ2n) is 5.87. The van der Waals surface area contributed by atoms with E-state index in [1.807, 2.05) is 0 Å². The quantitative estimate of drug-likeness (QED) is 0.842. The number of hydrogen-bond acceptors (Lipinski definition) is 6. The Kier molecular flexibility index (Phi) is 5.17. The Morgan fingerprint density at radius 2 is 1.78 bits per heavy atom. The first-order chi connectivity index (χ1) is 11.0. The summed E-state index contributed by atoms with van der Waals surface area (Å²) in [5.41, 5.74) is 0. The van der Waals surface area contributed by atoms with E-state index in [9.17, 15) is 13.2 Å². The predicted octanol–water partition coefficient (Wildman–Crippen LogP) is 2.42. The lowest BCUT2D eigenvalue weighted by molar-refractivity contribution is -0.182. The van der Waals surface area contributed by atoms with Crippen molar-refractivity contribution in [1.29, 1.82) is 0 Å². The zero-order valence-corrected chi connectivity index (χ0v) is 12.7. The minimum Gasteiger partial charge on any atom is -0.417 e. The first-order valence-corrected chi connectivity index (χ1v) is 7.88. The van der Waals surface area contributed by atoms with Gasteiger partial charge in [-0.25, -0.2) is 0 Å². The molecular weight excluding hydrogens is 315 g/mol.